The Kier molecular flexibility index (Phi) is 2.65. The van der Waals surface area contributed by atoms with Gasteiger partial charge in [-0.05, 0) is 6.92 Å². The Bertz CT molecular complexity index is 163. The first kappa shape index (κ1) is 8.27. The lowest BCUT2D eigenvalue weighted by Crippen LogP contribution is -2.27. The van der Waals surface area contributed by atoms with Gasteiger partial charge >= 0.3 is 5.97 Å². The highest BCUT2D eigenvalue weighted by Crippen LogP contribution is 2.10. The van der Waals surface area contributed by atoms with Crippen LogP contribution < -0.4 is 0 Å². The molecule has 1 heterocycles. The summed E-state index contributed by atoms with van der Waals surface area (Å²) in [5, 5.41) is 0. The number of carbonyl (C=O) groups is 1. The molecule has 1 rings (SSSR count). The van der Waals surface area contributed by atoms with Crippen molar-refractivity contribution in [3.05, 3.63) is 12.7 Å². The van der Waals surface area contributed by atoms with E-state index in [0.29, 0.717) is 6.61 Å². The molecule has 11 heavy (non-hydrogen) atoms. The predicted molar refractivity (Wildman–Crippen MR) is 42.2 cm³/mol. The molecule has 1 aliphatic heterocycles. The molecule has 3 heteroatoms. The molecule has 0 aliphatic carbocycles. The van der Waals surface area contributed by atoms with Crippen molar-refractivity contribution < 1.29 is 9.53 Å². The Morgan fingerprint density at radius 2 is 2.45 bits per heavy atom. The summed E-state index contributed by atoms with van der Waals surface area (Å²) in [6.45, 7) is 7.67. The number of nitrogens with zero attached hydrogens (tertiary/aromatic N) is 1. The second kappa shape index (κ2) is 3.53. The second-order valence-corrected chi connectivity index (χ2v) is 2.63. The highest BCUT2D eigenvalue weighted by atomic mass is 16.5. The predicted octanol–water partition coefficient (Wildman–Crippen LogP) is 0.420. The van der Waals surface area contributed by atoms with Crippen LogP contribution in [0.25, 0.3) is 0 Å². The van der Waals surface area contributed by atoms with Crippen LogP contribution in [0.4, 0.5) is 0 Å². The van der Waals surface area contributed by atoms with E-state index in [0.717, 1.165) is 13.1 Å². The zero-order valence-electron chi connectivity index (χ0n) is 6.75. The smallest absolute Gasteiger partial charge is 0.323 e. The number of ether oxygens (including phenoxy) is 1. The lowest BCUT2D eigenvalue weighted by atomic mass is 10.3. The topological polar surface area (TPSA) is 29.3 Å². The average Bonchev–Trinajstić information content (AvgIpc) is 2.81. The molecular weight excluding hydrogens is 142 g/mol. The van der Waals surface area contributed by atoms with E-state index in [4.69, 9.17) is 4.74 Å². The van der Waals surface area contributed by atoms with E-state index in [1.165, 1.54) is 0 Å². The Morgan fingerprint density at radius 1 is 1.82 bits per heavy atom. The number of hydrogen-bond donors (Lipinski definition) is 0. The molecule has 1 atom stereocenters. The van der Waals surface area contributed by atoms with Gasteiger partial charge in [0.1, 0.15) is 12.6 Å². The molecule has 0 aromatic heterocycles. The van der Waals surface area contributed by atoms with Crippen molar-refractivity contribution in [2.24, 2.45) is 0 Å². The molecule has 3 nitrogen and oxygen atoms in total. The minimum atomic E-state index is -0.151. The van der Waals surface area contributed by atoms with Crippen LogP contribution in [-0.2, 0) is 9.53 Å². The van der Waals surface area contributed by atoms with Crippen LogP contribution in [0, 0.1) is 0 Å². The third-order valence-electron chi connectivity index (χ3n) is 1.71. The third kappa shape index (κ3) is 2.35. The molecule has 0 radical (unpaired) electrons. The first-order valence-corrected chi connectivity index (χ1v) is 3.77. The lowest BCUT2D eigenvalue weighted by molar-refractivity contribution is -0.146. The number of hydrogen-bond acceptors (Lipinski definition) is 3. The maximum Gasteiger partial charge on any atom is 0.323 e. The Balaban J connectivity index is 2.21. The molecule has 1 fully saturated rings. The largest absolute Gasteiger partial charge is 0.460 e. The third-order valence-corrected chi connectivity index (χ3v) is 1.71. The molecule has 0 aromatic rings. The van der Waals surface area contributed by atoms with Crippen molar-refractivity contribution in [2.45, 2.75) is 13.0 Å². The lowest BCUT2D eigenvalue weighted by Gasteiger charge is -2.09. The quantitative estimate of drug-likeness (QED) is 0.335. The van der Waals surface area contributed by atoms with Gasteiger partial charge in [0.15, 0.2) is 0 Å². The molecule has 0 bridgehead atoms. The van der Waals surface area contributed by atoms with Crippen LogP contribution in [0.3, 0.4) is 0 Å². The van der Waals surface area contributed by atoms with Gasteiger partial charge < -0.3 is 4.74 Å². The summed E-state index contributed by atoms with van der Waals surface area (Å²) < 4.78 is 4.86. The molecule has 0 amide bonds. The monoisotopic (exact) mass is 155 g/mol. The molecule has 1 aliphatic rings. The molecule has 0 aromatic carbocycles. The van der Waals surface area contributed by atoms with E-state index in [-0.39, 0.29) is 12.0 Å². The zero-order valence-corrected chi connectivity index (χ0v) is 6.75. The number of carbonyl (C=O) groups excluding carboxylic acids is 1. The minimum absolute atomic E-state index is 0.0741. The molecule has 0 spiro atoms. The summed E-state index contributed by atoms with van der Waals surface area (Å²) in [5.41, 5.74) is 0. The fourth-order valence-corrected chi connectivity index (χ4v) is 0.856. The Morgan fingerprint density at radius 3 is 2.91 bits per heavy atom. The SMILES string of the molecule is C=CCOC(=O)C(C)N1CC1. The fraction of sp³-hybridized carbons (Fsp3) is 0.625. The second-order valence-electron chi connectivity index (χ2n) is 2.63. The van der Waals surface area contributed by atoms with Crippen LogP contribution in [0.2, 0.25) is 0 Å². The normalized spacial score (nSPS) is 19.0. The van der Waals surface area contributed by atoms with Crippen molar-refractivity contribution in [3.63, 3.8) is 0 Å². The van der Waals surface area contributed by atoms with E-state index in [2.05, 4.69) is 6.58 Å². The Labute approximate surface area is 66.6 Å². The Hall–Kier alpha value is -0.830. The number of rotatable bonds is 4. The van der Waals surface area contributed by atoms with Crippen molar-refractivity contribution in [1.29, 1.82) is 0 Å². The summed E-state index contributed by atoms with van der Waals surface area (Å²) in [5.74, 6) is -0.151. The summed E-state index contributed by atoms with van der Waals surface area (Å²) in [6, 6.07) is -0.0741. The van der Waals surface area contributed by atoms with Gasteiger partial charge in [-0.3, -0.25) is 9.69 Å². The average molecular weight is 155 g/mol. The van der Waals surface area contributed by atoms with Crippen LogP contribution in [0.1, 0.15) is 6.92 Å². The fourth-order valence-electron chi connectivity index (χ4n) is 0.856. The van der Waals surface area contributed by atoms with Gasteiger partial charge in [-0.25, -0.2) is 0 Å². The number of esters is 1. The first-order chi connectivity index (χ1) is 5.25. The van der Waals surface area contributed by atoms with E-state index in [1.807, 2.05) is 11.8 Å². The highest BCUT2D eigenvalue weighted by molar-refractivity contribution is 5.75. The van der Waals surface area contributed by atoms with Crippen molar-refractivity contribution in [1.82, 2.24) is 4.90 Å². The highest BCUT2D eigenvalue weighted by Gasteiger charge is 2.29. The molecule has 62 valence electrons. The maximum absolute atomic E-state index is 11.1. The standard InChI is InChI=1S/C8H13NO2/c1-3-6-11-8(10)7(2)9-4-5-9/h3,7H,1,4-6H2,2H3. The van der Waals surface area contributed by atoms with Gasteiger partial charge in [0.25, 0.3) is 0 Å². The molecule has 0 saturated carbocycles. The van der Waals surface area contributed by atoms with Crippen LogP contribution >= 0.6 is 0 Å². The summed E-state index contributed by atoms with van der Waals surface area (Å²) in [4.78, 5) is 13.1. The van der Waals surface area contributed by atoms with Crippen LogP contribution in [-0.4, -0.2) is 36.6 Å². The van der Waals surface area contributed by atoms with E-state index < -0.39 is 0 Å². The molecule has 0 N–H and O–H groups in total. The van der Waals surface area contributed by atoms with Gasteiger partial charge in [-0.2, -0.15) is 0 Å². The molecule has 1 unspecified atom stereocenters. The molecule has 1 saturated heterocycles. The summed E-state index contributed by atoms with van der Waals surface area (Å²) >= 11 is 0. The summed E-state index contributed by atoms with van der Waals surface area (Å²) in [7, 11) is 0. The first-order valence-electron chi connectivity index (χ1n) is 3.77. The van der Waals surface area contributed by atoms with Crippen molar-refractivity contribution >= 4 is 5.97 Å². The van der Waals surface area contributed by atoms with Crippen LogP contribution in [0.5, 0.6) is 0 Å². The van der Waals surface area contributed by atoms with Gasteiger partial charge in [-0.1, -0.05) is 12.7 Å². The van der Waals surface area contributed by atoms with Gasteiger partial charge in [0.2, 0.25) is 0 Å². The van der Waals surface area contributed by atoms with Gasteiger partial charge in [0.05, 0.1) is 0 Å². The van der Waals surface area contributed by atoms with E-state index >= 15 is 0 Å². The van der Waals surface area contributed by atoms with E-state index in [9.17, 15) is 4.79 Å². The van der Waals surface area contributed by atoms with Gasteiger partial charge in [-0.15, -0.1) is 0 Å². The summed E-state index contributed by atoms with van der Waals surface area (Å²) in [6.07, 6.45) is 1.58. The van der Waals surface area contributed by atoms with Crippen molar-refractivity contribution in [3.8, 4) is 0 Å². The minimum Gasteiger partial charge on any atom is -0.460 e. The van der Waals surface area contributed by atoms with Gasteiger partial charge in [0, 0.05) is 13.1 Å². The van der Waals surface area contributed by atoms with Crippen LogP contribution in [0.15, 0.2) is 12.7 Å². The van der Waals surface area contributed by atoms with Crippen molar-refractivity contribution in [2.75, 3.05) is 19.7 Å². The maximum atomic E-state index is 11.1. The molecular formula is C8H13NO2. The van der Waals surface area contributed by atoms with E-state index in [1.54, 1.807) is 6.08 Å². The zero-order chi connectivity index (χ0) is 8.27.